The molecule has 0 fully saturated rings. The van der Waals surface area contributed by atoms with Gasteiger partial charge in [0.2, 0.25) is 0 Å². The standard InChI is InChI=1S/C15H11BrF2N4O2/c16-12-4-3-11(24-12)15(23)19-6-5-13-20-14(22-21-13)8-1-2-9(17)10(18)7-8/h1-4,7H,5-6H2,(H,19,23)(H,20,21,22). The molecule has 0 atom stereocenters. The number of aromatic nitrogens is 3. The first-order valence-corrected chi connectivity index (χ1v) is 7.72. The van der Waals surface area contributed by atoms with Crippen LogP contribution >= 0.6 is 15.9 Å². The number of hydrogen-bond donors (Lipinski definition) is 2. The Morgan fingerprint density at radius 1 is 1.25 bits per heavy atom. The molecular formula is C15H11BrF2N4O2. The minimum atomic E-state index is -0.962. The maximum atomic E-state index is 13.2. The maximum Gasteiger partial charge on any atom is 0.287 e. The highest BCUT2D eigenvalue weighted by Crippen LogP contribution is 2.18. The number of amides is 1. The van der Waals surface area contributed by atoms with E-state index in [1.165, 1.54) is 6.07 Å². The van der Waals surface area contributed by atoms with Gasteiger partial charge in [-0.25, -0.2) is 13.8 Å². The smallest absolute Gasteiger partial charge is 0.287 e. The van der Waals surface area contributed by atoms with Crippen LogP contribution in [-0.4, -0.2) is 27.6 Å². The quantitative estimate of drug-likeness (QED) is 0.693. The van der Waals surface area contributed by atoms with Gasteiger partial charge in [-0.05, 0) is 46.3 Å². The van der Waals surface area contributed by atoms with Crippen LogP contribution < -0.4 is 5.32 Å². The lowest BCUT2D eigenvalue weighted by Crippen LogP contribution is -2.25. The first-order valence-electron chi connectivity index (χ1n) is 6.93. The molecule has 2 N–H and O–H groups in total. The highest BCUT2D eigenvalue weighted by atomic mass is 79.9. The average molecular weight is 397 g/mol. The summed E-state index contributed by atoms with van der Waals surface area (Å²) in [4.78, 5) is 16.0. The molecule has 2 heterocycles. The summed E-state index contributed by atoms with van der Waals surface area (Å²) in [7, 11) is 0. The minimum absolute atomic E-state index is 0.196. The molecule has 0 aliphatic rings. The summed E-state index contributed by atoms with van der Waals surface area (Å²) >= 11 is 3.12. The maximum absolute atomic E-state index is 13.2. The van der Waals surface area contributed by atoms with E-state index in [-0.39, 0.29) is 17.5 Å². The number of aromatic amines is 1. The molecule has 124 valence electrons. The summed E-state index contributed by atoms with van der Waals surface area (Å²) in [6, 6.07) is 6.61. The molecule has 0 radical (unpaired) electrons. The molecule has 0 unspecified atom stereocenters. The van der Waals surface area contributed by atoms with Crippen LogP contribution in [0.25, 0.3) is 11.4 Å². The molecule has 1 amide bonds. The van der Waals surface area contributed by atoms with Gasteiger partial charge in [0.05, 0.1) is 0 Å². The van der Waals surface area contributed by atoms with Crippen LogP contribution in [0.1, 0.15) is 16.4 Å². The van der Waals surface area contributed by atoms with Crippen LogP contribution in [0.4, 0.5) is 8.78 Å². The van der Waals surface area contributed by atoms with Crippen molar-refractivity contribution < 1.29 is 18.0 Å². The molecule has 6 nitrogen and oxygen atoms in total. The first kappa shape index (κ1) is 16.3. The number of carbonyl (C=O) groups excluding carboxylic acids is 1. The van der Waals surface area contributed by atoms with Gasteiger partial charge in [-0.1, -0.05) is 0 Å². The summed E-state index contributed by atoms with van der Waals surface area (Å²) in [5, 5.41) is 9.33. The summed E-state index contributed by atoms with van der Waals surface area (Å²) in [6.07, 6.45) is 0.393. The second-order valence-corrected chi connectivity index (χ2v) is 5.63. The Kier molecular flexibility index (Phi) is 4.70. The zero-order valence-electron chi connectivity index (χ0n) is 12.1. The number of halogens is 3. The van der Waals surface area contributed by atoms with E-state index < -0.39 is 11.6 Å². The topological polar surface area (TPSA) is 83.8 Å². The van der Waals surface area contributed by atoms with Gasteiger partial charge in [0.1, 0.15) is 5.82 Å². The number of nitrogens with one attached hydrogen (secondary N) is 2. The van der Waals surface area contributed by atoms with Crippen LogP contribution in [0, 0.1) is 11.6 Å². The molecule has 0 bridgehead atoms. The molecule has 0 spiro atoms. The second kappa shape index (κ2) is 6.91. The summed E-state index contributed by atoms with van der Waals surface area (Å²) in [5.74, 6) is -1.28. The van der Waals surface area contributed by atoms with E-state index in [0.29, 0.717) is 29.0 Å². The Bertz CT molecular complexity index is 878. The molecule has 0 saturated carbocycles. The molecular weight excluding hydrogens is 386 g/mol. The Hall–Kier alpha value is -2.55. The largest absolute Gasteiger partial charge is 0.444 e. The monoisotopic (exact) mass is 396 g/mol. The van der Waals surface area contributed by atoms with Crippen molar-refractivity contribution in [1.29, 1.82) is 0 Å². The third-order valence-electron chi connectivity index (χ3n) is 3.15. The van der Waals surface area contributed by atoms with Gasteiger partial charge in [0.25, 0.3) is 5.91 Å². The average Bonchev–Trinajstić information content (AvgIpc) is 3.19. The van der Waals surface area contributed by atoms with E-state index in [0.717, 1.165) is 12.1 Å². The van der Waals surface area contributed by atoms with E-state index in [2.05, 4.69) is 36.4 Å². The SMILES string of the molecule is O=C(NCCc1nc(-c2ccc(F)c(F)c2)n[nH]1)c1ccc(Br)o1. The van der Waals surface area contributed by atoms with Gasteiger partial charge in [-0.3, -0.25) is 9.89 Å². The fourth-order valence-corrected chi connectivity index (χ4v) is 2.30. The zero-order chi connectivity index (χ0) is 17.1. The zero-order valence-corrected chi connectivity index (χ0v) is 13.7. The van der Waals surface area contributed by atoms with Crippen molar-refractivity contribution in [2.75, 3.05) is 6.54 Å². The Labute approximate surface area is 143 Å². The third kappa shape index (κ3) is 3.67. The van der Waals surface area contributed by atoms with Crippen LogP contribution in [0.3, 0.4) is 0 Å². The van der Waals surface area contributed by atoms with Gasteiger partial charge in [-0.2, -0.15) is 5.10 Å². The Morgan fingerprint density at radius 2 is 2.08 bits per heavy atom. The predicted molar refractivity (Wildman–Crippen MR) is 84.2 cm³/mol. The molecule has 0 aliphatic heterocycles. The fourth-order valence-electron chi connectivity index (χ4n) is 1.99. The Balaban J connectivity index is 1.58. The van der Waals surface area contributed by atoms with Crippen molar-refractivity contribution in [3.8, 4) is 11.4 Å². The van der Waals surface area contributed by atoms with E-state index >= 15 is 0 Å². The summed E-state index contributed by atoms with van der Waals surface area (Å²) < 4.78 is 31.8. The molecule has 3 aromatic rings. The number of H-pyrrole nitrogens is 1. The second-order valence-electron chi connectivity index (χ2n) is 4.84. The van der Waals surface area contributed by atoms with Gasteiger partial charge >= 0.3 is 0 Å². The molecule has 0 saturated heterocycles. The van der Waals surface area contributed by atoms with E-state index in [4.69, 9.17) is 4.42 Å². The highest BCUT2D eigenvalue weighted by Gasteiger charge is 2.12. The van der Waals surface area contributed by atoms with E-state index in [1.807, 2.05) is 0 Å². The summed E-state index contributed by atoms with van der Waals surface area (Å²) in [5.41, 5.74) is 0.362. The molecule has 0 aliphatic carbocycles. The number of rotatable bonds is 5. The lowest BCUT2D eigenvalue weighted by molar-refractivity contribution is 0.0925. The van der Waals surface area contributed by atoms with Crippen molar-refractivity contribution in [2.45, 2.75) is 6.42 Å². The molecule has 2 aromatic heterocycles. The first-order chi connectivity index (χ1) is 11.5. The van der Waals surface area contributed by atoms with Crippen molar-refractivity contribution in [3.63, 3.8) is 0 Å². The predicted octanol–water partition coefficient (Wildman–Crippen LogP) is 3.08. The normalized spacial score (nSPS) is 10.8. The number of furan rings is 1. The van der Waals surface area contributed by atoms with Crippen LogP contribution in [0.2, 0.25) is 0 Å². The van der Waals surface area contributed by atoms with Crippen molar-refractivity contribution in [2.24, 2.45) is 0 Å². The van der Waals surface area contributed by atoms with Crippen LogP contribution in [-0.2, 0) is 6.42 Å². The molecule has 1 aromatic carbocycles. The van der Waals surface area contributed by atoms with E-state index in [9.17, 15) is 13.6 Å². The van der Waals surface area contributed by atoms with Gasteiger partial charge < -0.3 is 9.73 Å². The molecule has 9 heteroatoms. The van der Waals surface area contributed by atoms with Gasteiger partial charge in [0, 0.05) is 18.5 Å². The molecule has 24 heavy (non-hydrogen) atoms. The van der Waals surface area contributed by atoms with Gasteiger partial charge in [0.15, 0.2) is 27.9 Å². The van der Waals surface area contributed by atoms with Crippen molar-refractivity contribution >= 4 is 21.8 Å². The minimum Gasteiger partial charge on any atom is -0.444 e. The van der Waals surface area contributed by atoms with Crippen molar-refractivity contribution in [1.82, 2.24) is 20.5 Å². The molecule has 3 rings (SSSR count). The number of carbonyl (C=O) groups is 1. The van der Waals surface area contributed by atoms with Gasteiger partial charge in [-0.15, -0.1) is 0 Å². The van der Waals surface area contributed by atoms with Crippen molar-refractivity contribution in [3.05, 3.63) is 58.2 Å². The summed E-state index contributed by atoms with van der Waals surface area (Å²) in [6.45, 7) is 0.309. The third-order valence-corrected chi connectivity index (χ3v) is 3.58. The number of nitrogens with zero attached hydrogens (tertiary/aromatic N) is 2. The van der Waals surface area contributed by atoms with Crippen LogP contribution in [0.5, 0.6) is 0 Å². The van der Waals surface area contributed by atoms with Crippen LogP contribution in [0.15, 0.2) is 39.4 Å². The number of benzene rings is 1. The fraction of sp³-hybridized carbons (Fsp3) is 0.133. The highest BCUT2D eigenvalue weighted by molar-refractivity contribution is 9.10. The number of hydrogen-bond acceptors (Lipinski definition) is 4. The van der Waals surface area contributed by atoms with E-state index in [1.54, 1.807) is 12.1 Å². The Morgan fingerprint density at radius 3 is 2.79 bits per heavy atom. The lowest BCUT2D eigenvalue weighted by Gasteiger charge is -2.00. The lowest BCUT2D eigenvalue weighted by atomic mass is 10.2.